The normalized spacial score (nSPS) is 26.9. The Morgan fingerprint density at radius 2 is 2.09 bits per heavy atom. The second-order valence-electron chi connectivity index (χ2n) is 9.20. The maximum Gasteiger partial charge on any atom is 0.261 e. The third-order valence-corrected chi connectivity index (χ3v) is 7.30. The van der Waals surface area contributed by atoms with Crippen LogP contribution in [0, 0.1) is 17.7 Å². The zero-order chi connectivity index (χ0) is 24.6. The van der Waals surface area contributed by atoms with Crippen molar-refractivity contribution in [1.29, 1.82) is 0 Å². The summed E-state index contributed by atoms with van der Waals surface area (Å²) in [5.74, 6) is -0.122. The van der Waals surface area contributed by atoms with Gasteiger partial charge in [-0.05, 0) is 74.9 Å². The third kappa shape index (κ3) is 4.42. The lowest BCUT2D eigenvalue weighted by atomic mass is 9.88. The monoisotopic (exact) mass is 488 g/mol. The highest BCUT2D eigenvalue weighted by molar-refractivity contribution is 6.31. The highest BCUT2D eigenvalue weighted by Gasteiger charge is 2.51. The number of nitrogens with one attached hydrogen (secondary N) is 1. The lowest BCUT2D eigenvalue weighted by molar-refractivity contribution is 0.102. The van der Waals surface area contributed by atoms with E-state index < -0.39 is 17.3 Å². The number of benzene rings is 1. The summed E-state index contributed by atoms with van der Waals surface area (Å²) in [4.78, 5) is 17.6. The van der Waals surface area contributed by atoms with Gasteiger partial charge in [-0.25, -0.2) is 4.39 Å². The maximum atomic E-state index is 13.5. The van der Waals surface area contributed by atoms with E-state index in [0.29, 0.717) is 42.0 Å². The molecule has 2 fully saturated rings. The van der Waals surface area contributed by atoms with Gasteiger partial charge < -0.3 is 21.9 Å². The smallest absolute Gasteiger partial charge is 0.261 e. The predicted molar refractivity (Wildman–Crippen MR) is 131 cm³/mol. The van der Waals surface area contributed by atoms with Crippen molar-refractivity contribution >= 4 is 34.7 Å². The Hall–Kier alpha value is -2.91. The lowest BCUT2D eigenvalue weighted by Crippen LogP contribution is -2.36. The fourth-order valence-electron chi connectivity index (χ4n) is 5.56. The van der Waals surface area contributed by atoms with E-state index in [0.717, 1.165) is 12.8 Å². The molecule has 1 amide bonds. The van der Waals surface area contributed by atoms with Crippen molar-refractivity contribution in [2.45, 2.75) is 44.1 Å². The van der Waals surface area contributed by atoms with Gasteiger partial charge in [0, 0.05) is 25.2 Å². The number of aliphatic hydroxyl groups is 1. The molecule has 6 N–H and O–H groups in total. The minimum Gasteiger partial charge on any atom is -0.405 e. The number of anilines is 2. The molecule has 2 atom stereocenters. The summed E-state index contributed by atoms with van der Waals surface area (Å²) in [6.07, 6.45) is 5.87. The minimum absolute atomic E-state index is 0.0391. The molecule has 34 heavy (non-hydrogen) atoms. The largest absolute Gasteiger partial charge is 0.405 e. The van der Waals surface area contributed by atoms with Crippen LogP contribution in [0.4, 0.5) is 15.9 Å². The molecular formula is C24H30ClFN6O2. The number of amides is 1. The number of carbonyl (C=O) groups is 1. The molecule has 182 valence electrons. The Balaban J connectivity index is 1.54. The van der Waals surface area contributed by atoms with Crippen LogP contribution in [0.1, 0.15) is 54.6 Å². The highest BCUT2D eigenvalue weighted by atomic mass is 35.5. The van der Waals surface area contributed by atoms with Crippen molar-refractivity contribution in [2.24, 2.45) is 29.6 Å². The number of nitrogen functional groups attached to an aromatic ring is 1. The molecule has 4 rings (SSSR count). The summed E-state index contributed by atoms with van der Waals surface area (Å²) in [6, 6.07) is 3.99. The molecule has 2 saturated carbocycles. The van der Waals surface area contributed by atoms with E-state index in [1.165, 1.54) is 29.1 Å². The first-order chi connectivity index (χ1) is 16.2. The van der Waals surface area contributed by atoms with E-state index in [4.69, 9.17) is 23.1 Å². The molecule has 0 aliphatic heterocycles. The van der Waals surface area contributed by atoms with Crippen LogP contribution in [0.3, 0.4) is 0 Å². The number of fused-ring (bicyclic) bond motifs is 1. The number of aromatic nitrogens is 2. The molecule has 0 spiro atoms. The van der Waals surface area contributed by atoms with Crippen LogP contribution in [0.25, 0.3) is 0 Å². The number of nitrogens with two attached hydrogens (primary N) is 2. The van der Waals surface area contributed by atoms with Crippen molar-refractivity contribution in [1.82, 2.24) is 9.78 Å². The van der Waals surface area contributed by atoms with E-state index >= 15 is 0 Å². The topological polar surface area (TPSA) is 132 Å². The molecule has 0 saturated heterocycles. The molecule has 2 aliphatic carbocycles. The number of halogens is 2. The molecule has 2 aliphatic rings. The Kier molecular flexibility index (Phi) is 6.69. The molecule has 0 bridgehead atoms. The van der Waals surface area contributed by atoms with Crippen molar-refractivity contribution in [3.8, 4) is 0 Å². The van der Waals surface area contributed by atoms with Gasteiger partial charge in [0.25, 0.3) is 5.91 Å². The summed E-state index contributed by atoms with van der Waals surface area (Å²) in [7, 11) is 1.70. The van der Waals surface area contributed by atoms with Gasteiger partial charge in [-0.1, -0.05) is 11.6 Å². The van der Waals surface area contributed by atoms with E-state index in [2.05, 4.69) is 15.4 Å². The summed E-state index contributed by atoms with van der Waals surface area (Å²) in [5, 5.41) is 18.5. The van der Waals surface area contributed by atoms with Crippen molar-refractivity contribution in [3.05, 3.63) is 52.6 Å². The van der Waals surface area contributed by atoms with Gasteiger partial charge in [-0.2, -0.15) is 5.10 Å². The first-order valence-electron chi connectivity index (χ1n) is 11.4. The molecule has 2 unspecified atom stereocenters. The number of hydrogen-bond acceptors (Lipinski definition) is 6. The van der Waals surface area contributed by atoms with Crippen LogP contribution >= 0.6 is 11.6 Å². The number of rotatable bonds is 6. The number of aryl methyl sites for hydroxylation is 1. The van der Waals surface area contributed by atoms with Gasteiger partial charge in [0.1, 0.15) is 22.8 Å². The lowest BCUT2D eigenvalue weighted by Gasteiger charge is -2.25. The average molecular weight is 489 g/mol. The summed E-state index contributed by atoms with van der Waals surface area (Å²) >= 11 is 5.85. The third-order valence-electron chi connectivity index (χ3n) is 7.01. The van der Waals surface area contributed by atoms with Crippen LogP contribution < -0.4 is 16.8 Å². The molecular weight excluding hydrogens is 459 g/mol. The predicted octanol–water partition coefficient (Wildman–Crippen LogP) is 3.62. The summed E-state index contributed by atoms with van der Waals surface area (Å²) < 4.78 is 15.0. The number of carbonyl (C=O) groups excluding carboxylic acids is 1. The Morgan fingerprint density at radius 1 is 1.41 bits per heavy atom. The van der Waals surface area contributed by atoms with Gasteiger partial charge >= 0.3 is 0 Å². The van der Waals surface area contributed by atoms with Gasteiger partial charge in [0.05, 0.1) is 16.4 Å². The van der Waals surface area contributed by atoms with Crippen LogP contribution in [0.15, 0.2) is 35.5 Å². The fourth-order valence-corrected chi connectivity index (χ4v) is 5.74. The van der Waals surface area contributed by atoms with E-state index in [-0.39, 0.29) is 28.6 Å². The van der Waals surface area contributed by atoms with Crippen LogP contribution in [-0.4, -0.2) is 38.7 Å². The van der Waals surface area contributed by atoms with Gasteiger partial charge in [-0.15, -0.1) is 0 Å². The fraction of sp³-hybridized carbons (Fsp3) is 0.458. The molecule has 0 radical (unpaired) electrons. The van der Waals surface area contributed by atoms with E-state index in [1.54, 1.807) is 13.1 Å². The second-order valence-corrected chi connectivity index (χ2v) is 9.61. The molecule has 1 aromatic carbocycles. The van der Waals surface area contributed by atoms with Crippen molar-refractivity contribution < 1.29 is 14.3 Å². The van der Waals surface area contributed by atoms with E-state index in [9.17, 15) is 14.3 Å². The minimum atomic E-state index is -0.989. The average Bonchev–Trinajstić information content (AvgIpc) is 3.40. The van der Waals surface area contributed by atoms with Crippen molar-refractivity contribution in [2.75, 3.05) is 17.6 Å². The Morgan fingerprint density at radius 3 is 2.68 bits per heavy atom. The Bertz CT molecular complexity index is 1150. The summed E-state index contributed by atoms with van der Waals surface area (Å²) in [6.45, 7) is 2.50. The molecule has 1 heterocycles. The standard InChI is InChI=1S/C24H30ClFN6O2/c1-3-29-19(6-7-27)24(34)11-14-8-13(9-15(14)12-24)21-20(22(28)32(2)31-21)23(33)30-16-4-5-18(26)17(25)10-16/h4-7,10,13-15,34H,3,8-9,11-12,27-28H2,1-2H3,(H,30,33). The first kappa shape index (κ1) is 24.2. The van der Waals surface area contributed by atoms with Crippen molar-refractivity contribution in [3.63, 3.8) is 0 Å². The molecule has 8 nitrogen and oxygen atoms in total. The number of aliphatic imine (C=N–C) groups is 1. The quantitative estimate of drug-likeness (QED) is 0.461. The highest BCUT2D eigenvalue weighted by Crippen LogP contribution is 2.54. The summed E-state index contributed by atoms with van der Waals surface area (Å²) in [5.41, 5.74) is 12.8. The first-order valence-corrected chi connectivity index (χ1v) is 11.8. The van der Waals surface area contributed by atoms with E-state index in [1.807, 2.05) is 6.92 Å². The van der Waals surface area contributed by atoms with Gasteiger partial charge in [0.2, 0.25) is 0 Å². The zero-order valence-corrected chi connectivity index (χ0v) is 20.0. The zero-order valence-electron chi connectivity index (χ0n) is 19.3. The second kappa shape index (κ2) is 9.38. The Labute approximate surface area is 202 Å². The SMILES string of the molecule is CCN=C(C=CN)C1(O)CC2CC(c3nn(C)c(N)c3C(=O)Nc3ccc(F)c(Cl)c3)CC2C1. The van der Waals surface area contributed by atoms with Crippen LogP contribution in [0.2, 0.25) is 5.02 Å². The molecule has 2 aromatic rings. The van der Waals surface area contributed by atoms with Gasteiger partial charge in [0.15, 0.2) is 0 Å². The van der Waals surface area contributed by atoms with Crippen LogP contribution in [-0.2, 0) is 7.05 Å². The number of hydrogen-bond donors (Lipinski definition) is 4. The molecule has 1 aromatic heterocycles. The maximum absolute atomic E-state index is 13.5. The molecule has 10 heteroatoms. The van der Waals surface area contributed by atoms with Gasteiger partial charge in [-0.3, -0.25) is 14.5 Å². The van der Waals surface area contributed by atoms with Crippen LogP contribution in [0.5, 0.6) is 0 Å². The number of nitrogens with zero attached hydrogens (tertiary/aromatic N) is 3.